The van der Waals surface area contributed by atoms with Gasteiger partial charge in [-0.2, -0.15) is 22.0 Å². The van der Waals surface area contributed by atoms with Crippen LogP contribution in [0.25, 0.3) is 0 Å². The molecule has 34 heavy (non-hydrogen) atoms. The van der Waals surface area contributed by atoms with Crippen molar-refractivity contribution in [3.8, 4) is 11.5 Å². The van der Waals surface area contributed by atoms with Crippen molar-refractivity contribution in [2.45, 2.75) is 31.9 Å². The van der Waals surface area contributed by atoms with Crippen LogP contribution >= 0.6 is 11.6 Å². The quantitative estimate of drug-likeness (QED) is 0.457. The molecule has 1 aliphatic rings. The van der Waals surface area contributed by atoms with Crippen LogP contribution in [-0.4, -0.2) is 48.8 Å². The van der Waals surface area contributed by atoms with Crippen molar-refractivity contribution in [2.75, 3.05) is 26.2 Å². The molecule has 0 aliphatic carbocycles. The molecule has 3 rings (SSSR count). The maximum Gasteiger partial charge on any atom is 0.416 e. The normalized spacial score (nSPS) is 17.1. The van der Waals surface area contributed by atoms with Crippen molar-refractivity contribution in [1.82, 2.24) is 4.90 Å². The lowest BCUT2D eigenvalue weighted by Gasteiger charge is -2.34. The minimum Gasteiger partial charge on any atom is -0.489 e. The van der Waals surface area contributed by atoms with E-state index in [0.717, 1.165) is 6.07 Å². The average molecular weight is 510 g/mol. The molecule has 0 radical (unpaired) electrons. The monoisotopic (exact) mass is 509 g/mol. The van der Waals surface area contributed by atoms with Crippen LogP contribution in [0.1, 0.15) is 29.2 Å². The number of aliphatic carboxylic acids is 1. The fraction of sp³-hybridized carbons (Fsp3) is 0.409. The first kappa shape index (κ1) is 26.0. The molecule has 0 bridgehead atoms. The summed E-state index contributed by atoms with van der Waals surface area (Å²) in [7, 11) is 0. The SMILES string of the molecule is O=C(O)CCN1CCOC(c2ccc(OCc3c(Cl)cccc3OC(F)F)cc2C(F)(F)F)C1. The van der Waals surface area contributed by atoms with E-state index in [1.807, 2.05) is 0 Å². The summed E-state index contributed by atoms with van der Waals surface area (Å²) in [4.78, 5) is 12.5. The number of benzene rings is 2. The fourth-order valence-corrected chi connectivity index (χ4v) is 3.76. The molecule has 2 aromatic carbocycles. The number of carbonyl (C=O) groups is 1. The molecule has 0 saturated carbocycles. The molecule has 1 saturated heterocycles. The van der Waals surface area contributed by atoms with Crippen LogP contribution in [0, 0.1) is 0 Å². The van der Waals surface area contributed by atoms with Gasteiger partial charge in [0, 0.05) is 19.6 Å². The molecule has 0 amide bonds. The van der Waals surface area contributed by atoms with E-state index in [0.29, 0.717) is 6.54 Å². The second kappa shape index (κ2) is 11.2. The highest BCUT2D eigenvalue weighted by Gasteiger charge is 2.37. The zero-order valence-electron chi connectivity index (χ0n) is 17.7. The Morgan fingerprint density at radius 2 is 2.03 bits per heavy atom. The molecule has 6 nitrogen and oxygen atoms in total. The Balaban J connectivity index is 1.80. The van der Waals surface area contributed by atoms with E-state index < -0.39 is 37.0 Å². The molecule has 186 valence electrons. The molecular formula is C22H21ClF5NO5. The third kappa shape index (κ3) is 6.94. The van der Waals surface area contributed by atoms with E-state index in [1.54, 1.807) is 4.90 Å². The number of carboxylic acid groups (broad SMARTS) is 1. The van der Waals surface area contributed by atoms with E-state index in [-0.39, 0.29) is 53.8 Å². The average Bonchev–Trinajstić information content (AvgIpc) is 2.76. The Kier molecular flexibility index (Phi) is 8.56. The number of hydrogen-bond acceptors (Lipinski definition) is 5. The van der Waals surface area contributed by atoms with E-state index in [2.05, 4.69) is 4.74 Å². The molecule has 1 N–H and O–H groups in total. The first-order valence-corrected chi connectivity index (χ1v) is 10.5. The molecule has 12 heteroatoms. The number of ether oxygens (including phenoxy) is 3. The van der Waals surface area contributed by atoms with Gasteiger partial charge < -0.3 is 19.3 Å². The zero-order valence-corrected chi connectivity index (χ0v) is 18.4. The molecule has 0 aromatic heterocycles. The maximum absolute atomic E-state index is 13.8. The molecule has 1 unspecified atom stereocenters. The lowest BCUT2D eigenvalue weighted by Crippen LogP contribution is -2.40. The van der Waals surface area contributed by atoms with Gasteiger partial charge in [-0.15, -0.1) is 0 Å². The zero-order chi connectivity index (χ0) is 24.9. The van der Waals surface area contributed by atoms with Crippen LogP contribution < -0.4 is 9.47 Å². The molecule has 1 heterocycles. The topological polar surface area (TPSA) is 68.2 Å². The summed E-state index contributed by atoms with van der Waals surface area (Å²) >= 11 is 6.03. The van der Waals surface area contributed by atoms with Gasteiger partial charge in [0.2, 0.25) is 0 Å². The van der Waals surface area contributed by atoms with Crippen molar-refractivity contribution < 1.29 is 46.1 Å². The molecule has 2 aromatic rings. The minimum absolute atomic E-state index is 0.0582. The highest BCUT2D eigenvalue weighted by molar-refractivity contribution is 6.31. The predicted octanol–water partition coefficient (Wildman–Crippen LogP) is 5.39. The summed E-state index contributed by atoms with van der Waals surface area (Å²) < 4.78 is 82.2. The summed E-state index contributed by atoms with van der Waals surface area (Å²) in [5.74, 6) is -1.40. The van der Waals surface area contributed by atoms with Crippen molar-refractivity contribution in [3.63, 3.8) is 0 Å². The third-order valence-electron chi connectivity index (χ3n) is 5.14. The first-order valence-electron chi connectivity index (χ1n) is 10.2. The highest BCUT2D eigenvalue weighted by Crippen LogP contribution is 2.39. The summed E-state index contributed by atoms with van der Waals surface area (Å²) in [6, 6.07) is 7.40. The largest absolute Gasteiger partial charge is 0.489 e. The van der Waals surface area contributed by atoms with E-state index >= 15 is 0 Å². The predicted molar refractivity (Wildman–Crippen MR) is 111 cm³/mol. The highest BCUT2D eigenvalue weighted by atomic mass is 35.5. The van der Waals surface area contributed by atoms with Crippen molar-refractivity contribution in [1.29, 1.82) is 0 Å². The number of halogens is 6. The Hall–Kier alpha value is -2.63. The molecule has 0 spiro atoms. The number of rotatable bonds is 9. The smallest absolute Gasteiger partial charge is 0.416 e. The number of morpholine rings is 1. The number of alkyl halides is 5. The van der Waals surface area contributed by atoms with Crippen LogP contribution in [0.3, 0.4) is 0 Å². The second-order valence-corrected chi connectivity index (χ2v) is 7.84. The number of nitrogens with zero attached hydrogens (tertiary/aromatic N) is 1. The van der Waals surface area contributed by atoms with Crippen LogP contribution in [0.15, 0.2) is 36.4 Å². The maximum atomic E-state index is 13.8. The molecule has 1 aliphatic heterocycles. The summed E-state index contributed by atoms with van der Waals surface area (Å²) in [5, 5.41) is 8.90. The summed E-state index contributed by atoms with van der Waals surface area (Å²) in [6.45, 7) is -2.66. The lowest BCUT2D eigenvalue weighted by atomic mass is 10.00. The Morgan fingerprint density at radius 1 is 1.26 bits per heavy atom. The number of hydrogen-bond donors (Lipinski definition) is 1. The molecule has 1 fully saturated rings. The van der Waals surface area contributed by atoms with Gasteiger partial charge >= 0.3 is 18.8 Å². The van der Waals surface area contributed by atoms with Crippen LogP contribution in [0.5, 0.6) is 11.5 Å². The number of carboxylic acids is 1. The standard InChI is InChI=1S/C22H21ClF5NO5/c23-17-2-1-3-18(34-21(24)25)15(17)12-33-13-4-5-14(16(10-13)22(26,27)28)19-11-29(8-9-32-19)7-6-20(30)31/h1-5,10,19,21H,6-9,11-12H2,(H,30,31). The van der Waals surface area contributed by atoms with Crippen LogP contribution in [0.2, 0.25) is 5.02 Å². The molecular weight excluding hydrogens is 489 g/mol. The van der Waals surface area contributed by atoms with Gasteiger partial charge in [-0.05, 0) is 29.8 Å². The van der Waals surface area contributed by atoms with Crippen LogP contribution in [-0.2, 0) is 22.3 Å². The summed E-state index contributed by atoms with van der Waals surface area (Å²) in [5.41, 5.74) is -1.02. The summed E-state index contributed by atoms with van der Waals surface area (Å²) in [6.07, 6.45) is -5.77. The Labute approximate surface area is 196 Å². The van der Waals surface area contributed by atoms with Crippen molar-refractivity contribution >= 4 is 17.6 Å². The van der Waals surface area contributed by atoms with Gasteiger partial charge in [0.05, 0.1) is 35.3 Å². The van der Waals surface area contributed by atoms with Crippen molar-refractivity contribution in [3.05, 3.63) is 58.1 Å². The minimum atomic E-state index is -4.73. The van der Waals surface area contributed by atoms with Gasteiger partial charge in [-0.3, -0.25) is 9.69 Å². The van der Waals surface area contributed by atoms with Gasteiger partial charge in [0.15, 0.2) is 0 Å². The van der Waals surface area contributed by atoms with Crippen molar-refractivity contribution in [2.24, 2.45) is 0 Å². The van der Waals surface area contributed by atoms with Gasteiger partial charge in [-0.25, -0.2) is 0 Å². The fourth-order valence-electron chi connectivity index (χ4n) is 3.54. The Bertz CT molecular complexity index is 1000. The van der Waals surface area contributed by atoms with E-state index in [9.17, 15) is 26.7 Å². The molecule has 1 atom stereocenters. The van der Waals surface area contributed by atoms with Gasteiger partial charge in [0.1, 0.15) is 18.1 Å². The lowest BCUT2D eigenvalue weighted by molar-refractivity contribution is -0.140. The van der Waals surface area contributed by atoms with Crippen LogP contribution in [0.4, 0.5) is 22.0 Å². The van der Waals surface area contributed by atoms with E-state index in [4.69, 9.17) is 26.2 Å². The third-order valence-corrected chi connectivity index (χ3v) is 5.50. The van der Waals surface area contributed by atoms with Gasteiger partial charge in [-0.1, -0.05) is 23.7 Å². The van der Waals surface area contributed by atoms with E-state index in [1.165, 1.54) is 30.3 Å². The first-order chi connectivity index (χ1) is 16.0. The second-order valence-electron chi connectivity index (χ2n) is 7.43. The Morgan fingerprint density at radius 3 is 2.71 bits per heavy atom. The van der Waals surface area contributed by atoms with Gasteiger partial charge in [0.25, 0.3) is 0 Å².